The van der Waals surface area contributed by atoms with Crippen LogP contribution in [0.3, 0.4) is 0 Å². The summed E-state index contributed by atoms with van der Waals surface area (Å²) in [6.45, 7) is -0.298. The Morgan fingerprint density at radius 1 is 1.35 bits per heavy atom. The summed E-state index contributed by atoms with van der Waals surface area (Å²) in [7, 11) is -3.71. The summed E-state index contributed by atoms with van der Waals surface area (Å²) in [5.41, 5.74) is 5.18. The monoisotopic (exact) mass is 256 g/mol. The molecular formula is C10H9FN2O3S. The Balaban J connectivity index is 2.10. The van der Waals surface area contributed by atoms with E-state index in [2.05, 4.69) is 4.99 Å². The van der Waals surface area contributed by atoms with Crippen molar-refractivity contribution in [3.8, 4) is 5.75 Å². The summed E-state index contributed by atoms with van der Waals surface area (Å²) < 4.78 is 41.2. The molecule has 0 saturated heterocycles. The molecule has 0 saturated carbocycles. The molecular weight excluding hydrogens is 247 g/mol. The van der Waals surface area contributed by atoms with E-state index in [4.69, 9.17) is 10.5 Å². The molecule has 2 N–H and O–H groups in total. The number of ether oxygens (including phenoxy) is 1. The summed E-state index contributed by atoms with van der Waals surface area (Å²) in [6, 6.07) is 5.72. The molecule has 17 heavy (non-hydrogen) atoms. The Labute approximate surface area is 97.3 Å². The van der Waals surface area contributed by atoms with Crippen molar-refractivity contribution in [1.29, 1.82) is 0 Å². The van der Waals surface area contributed by atoms with Crippen molar-refractivity contribution in [2.24, 2.45) is 10.7 Å². The second kappa shape index (κ2) is 4.17. The summed E-state index contributed by atoms with van der Waals surface area (Å²) in [6.07, 6.45) is 1.10. The fourth-order valence-electron chi connectivity index (χ4n) is 1.23. The van der Waals surface area contributed by atoms with Gasteiger partial charge in [0.2, 0.25) is 15.0 Å². The Bertz CT molecular complexity index is 608. The van der Waals surface area contributed by atoms with E-state index in [9.17, 15) is 12.8 Å². The predicted molar refractivity (Wildman–Crippen MR) is 60.5 cm³/mol. The number of para-hydroxylation sites is 1. The zero-order valence-electron chi connectivity index (χ0n) is 8.63. The number of benzene rings is 1. The minimum Gasteiger partial charge on any atom is -0.485 e. The number of hydrogen-bond acceptors (Lipinski definition) is 5. The molecule has 1 aromatic rings. The second-order valence-corrected chi connectivity index (χ2v) is 5.23. The SMILES string of the molecule is NC1=NC=C(COc2ccccc2F)S1(=O)=O. The van der Waals surface area contributed by atoms with Gasteiger partial charge in [0.25, 0.3) is 0 Å². The van der Waals surface area contributed by atoms with Crippen molar-refractivity contribution >= 4 is 15.0 Å². The molecule has 2 rings (SSSR count). The zero-order valence-corrected chi connectivity index (χ0v) is 9.45. The third-order valence-electron chi connectivity index (χ3n) is 2.16. The Morgan fingerprint density at radius 2 is 2.06 bits per heavy atom. The third-order valence-corrected chi connectivity index (χ3v) is 3.73. The van der Waals surface area contributed by atoms with Crippen LogP contribution in [-0.4, -0.2) is 20.2 Å². The lowest BCUT2D eigenvalue weighted by molar-refractivity contribution is 0.337. The average Bonchev–Trinajstić information content (AvgIpc) is 2.54. The van der Waals surface area contributed by atoms with Gasteiger partial charge in [-0.1, -0.05) is 12.1 Å². The van der Waals surface area contributed by atoms with Crippen LogP contribution in [0.2, 0.25) is 0 Å². The molecule has 1 heterocycles. The molecule has 0 bridgehead atoms. The first kappa shape index (κ1) is 11.6. The van der Waals surface area contributed by atoms with Crippen LogP contribution in [0.25, 0.3) is 0 Å². The van der Waals surface area contributed by atoms with E-state index in [1.807, 2.05) is 0 Å². The standard InChI is InChI=1S/C10H9FN2O3S/c11-8-3-1-2-4-9(8)16-6-7-5-13-10(12)17(7,14)15/h1-5H,6H2,(H2,12,13). The molecule has 0 atom stereocenters. The minimum absolute atomic E-state index is 0.0194. The van der Waals surface area contributed by atoms with Crippen molar-refractivity contribution in [2.75, 3.05) is 6.61 Å². The van der Waals surface area contributed by atoms with Crippen molar-refractivity contribution < 1.29 is 17.5 Å². The molecule has 0 unspecified atom stereocenters. The first-order chi connectivity index (χ1) is 8.01. The van der Waals surface area contributed by atoms with Gasteiger partial charge in [0.1, 0.15) is 11.5 Å². The largest absolute Gasteiger partial charge is 0.485 e. The van der Waals surface area contributed by atoms with E-state index in [1.165, 1.54) is 18.2 Å². The highest BCUT2D eigenvalue weighted by molar-refractivity contribution is 8.09. The lowest BCUT2D eigenvalue weighted by atomic mass is 10.3. The minimum atomic E-state index is -3.71. The first-order valence-electron chi connectivity index (χ1n) is 4.66. The van der Waals surface area contributed by atoms with Crippen molar-refractivity contribution in [3.05, 3.63) is 41.2 Å². The number of nitrogens with zero attached hydrogens (tertiary/aromatic N) is 1. The van der Waals surface area contributed by atoms with Crippen molar-refractivity contribution in [1.82, 2.24) is 0 Å². The number of amidine groups is 1. The molecule has 90 valence electrons. The number of hydrogen-bond donors (Lipinski definition) is 1. The van der Waals surface area contributed by atoms with Gasteiger partial charge >= 0.3 is 0 Å². The topological polar surface area (TPSA) is 81.8 Å². The van der Waals surface area contributed by atoms with E-state index in [0.29, 0.717) is 0 Å². The molecule has 5 nitrogen and oxygen atoms in total. The van der Waals surface area contributed by atoms with E-state index in [0.717, 1.165) is 6.20 Å². The maximum absolute atomic E-state index is 13.2. The molecule has 1 aliphatic heterocycles. The van der Waals surface area contributed by atoms with Gasteiger partial charge in [0, 0.05) is 6.20 Å². The number of aliphatic imine (C=N–C) groups is 1. The van der Waals surface area contributed by atoms with Crippen LogP contribution in [0.5, 0.6) is 5.75 Å². The molecule has 0 fully saturated rings. The number of rotatable bonds is 3. The Morgan fingerprint density at radius 3 is 2.65 bits per heavy atom. The quantitative estimate of drug-likeness (QED) is 0.866. The van der Waals surface area contributed by atoms with E-state index in [-0.39, 0.29) is 17.3 Å². The van der Waals surface area contributed by atoms with Crippen LogP contribution < -0.4 is 10.5 Å². The van der Waals surface area contributed by atoms with Crippen LogP contribution in [0, 0.1) is 5.82 Å². The second-order valence-electron chi connectivity index (χ2n) is 3.29. The lowest BCUT2D eigenvalue weighted by Gasteiger charge is -2.07. The normalized spacial score (nSPS) is 17.5. The molecule has 0 radical (unpaired) electrons. The molecule has 0 amide bonds. The molecule has 7 heteroatoms. The van der Waals surface area contributed by atoms with Gasteiger partial charge in [-0.05, 0) is 12.1 Å². The van der Waals surface area contributed by atoms with Gasteiger partial charge < -0.3 is 10.5 Å². The number of nitrogens with two attached hydrogens (primary N) is 1. The molecule has 0 spiro atoms. The zero-order chi connectivity index (χ0) is 12.5. The first-order valence-corrected chi connectivity index (χ1v) is 6.15. The van der Waals surface area contributed by atoms with Crippen molar-refractivity contribution in [3.63, 3.8) is 0 Å². The van der Waals surface area contributed by atoms with Crippen LogP contribution in [-0.2, 0) is 9.84 Å². The Hall–Kier alpha value is -1.89. The van der Waals surface area contributed by atoms with Crippen LogP contribution >= 0.6 is 0 Å². The highest BCUT2D eigenvalue weighted by atomic mass is 32.2. The van der Waals surface area contributed by atoms with Crippen LogP contribution in [0.1, 0.15) is 0 Å². The summed E-state index contributed by atoms with van der Waals surface area (Å²) in [5, 5.41) is -0.468. The van der Waals surface area contributed by atoms with E-state index >= 15 is 0 Å². The lowest BCUT2D eigenvalue weighted by Crippen LogP contribution is -2.24. The van der Waals surface area contributed by atoms with Gasteiger partial charge in [0.15, 0.2) is 11.6 Å². The average molecular weight is 256 g/mol. The van der Waals surface area contributed by atoms with E-state index < -0.39 is 20.8 Å². The van der Waals surface area contributed by atoms with Gasteiger partial charge in [-0.25, -0.2) is 17.8 Å². The van der Waals surface area contributed by atoms with Gasteiger partial charge in [-0.2, -0.15) is 0 Å². The summed E-state index contributed by atoms with van der Waals surface area (Å²) >= 11 is 0. The molecule has 1 aliphatic rings. The molecule has 0 aromatic heterocycles. The highest BCUT2D eigenvalue weighted by Gasteiger charge is 2.27. The number of sulfone groups is 1. The fraction of sp³-hybridized carbons (Fsp3) is 0.100. The van der Waals surface area contributed by atoms with Gasteiger partial charge in [0.05, 0.1) is 0 Å². The molecule has 0 aliphatic carbocycles. The van der Waals surface area contributed by atoms with Crippen LogP contribution in [0.4, 0.5) is 4.39 Å². The third kappa shape index (κ3) is 2.14. The number of halogens is 1. The summed E-state index contributed by atoms with van der Waals surface area (Å²) in [5.74, 6) is -0.577. The predicted octanol–water partition coefficient (Wildman–Crippen LogP) is 0.789. The maximum atomic E-state index is 13.2. The Kier molecular flexibility index (Phi) is 2.84. The van der Waals surface area contributed by atoms with Crippen LogP contribution in [0.15, 0.2) is 40.4 Å². The molecule has 1 aromatic carbocycles. The highest BCUT2D eigenvalue weighted by Crippen LogP contribution is 2.19. The van der Waals surface area contributed by atoms with Crippen molar-refractivity contribution in [2.45, 2.75) is 0 Å². The van der Waals surface area contributed by atoms with E-state index in [1.54, 1.807) is 6.07 Å². The van der Waals surface area contributed by atoms with Gasteiger partial charge in [-0.15, -0.1) is 0 Å². The summed E-state index contributed by atoms with van der Waals surface area (Å²) in [4.78, 5) is 3.39. The smallest absolute Gasteiger partial charge is 0.240 e. The fourth-order valence-corrected chi connectivity index (χ4v) is 2.10. The van der Waals surface area contributed by atoms with Gasteiger partial charge in [-0.3, -0.25) is 0 Å². The maximum Gasteiger partial charge on any atom is 0.240 e.